The number of morpholine rings is 1. The molecule has 136 valence electrons. The zero-order chi connectivity index (χ0) is 17.7. The number of carbonyl (C=O) groups is 1. The van der Waals surface area contributed by atoms with Crippen LogP contribution in [0.4, 0.5) is 0 Å². The predicted molar refractivity (Wildman–Crippen MR) is 89.4 cm³/mol. The van der Waals surface area contributed by atoms with Crippen LogP contribution < -0.4 is 0 Å². The first-order chi connectivity index (χ1) is 11.3. The Kier molecular flexibility index (Phi) is 6.31. The summed E-state index contributed by atoms with van der Waals surface area (Å²) < 4.78 is 13.5. The first-order valence-corrected chi connectivity index (χ1v) is 8.35. The summed E-state index contributed by atoms with van der Waals surface area (Å²) in [4.78, 5) is 19.8. The molecule has 1 aromatic heterocycles. The molecule has 1 saturated heterocycles. The number of likely N-dealkylation sites (N-methyl/N-ethyl adjacent to an activating group) is 1. The Morgan fingerprint density at radius 2 is 2.25 bits per heavy atom. The molecule has 1 atom stereocenters. The van der Waals surface area contributed by atoms with E-state index in [1.54, 1.807) is 20.4 Å². The molecule has 1 aliphatic rings. The molecule has 0 N–H and O–H groups in total. The van der Waals surface area contributed by atoms with Crippen molar-refractivity contribution < 1.29 is 14.3 Å². The molecule has 8 heteroatoms. The zero-order valence-electron chi connectivity index (χ0n) is 15.4. The summed E-state index contributed by atoms with van der Waals surface area (Å²) in [5, 5.41) is 4.22. The first-order valence-electron chi connectivity index (χ1n) is 8.35. The maximum absolute atomic E-state index is 11.6. The molecule has 0 saturated carbocycles. The topological polar surface area (TPSA) is 72.7 Å². The van der Waals surface area contributed by atoms with E-state index in [1.807, 2.05) is 4.68 Å². The van der Waals surface area contributed by atoms with Gasteiger partial charge in [0.15, 0.2) is 0 Å². The summed E-state index contributed by atoms with van der Waals surface area (Å²) in [6.07, 6.45) is 1.53. The van der Waals surface area contributed by atoms with Crippen molar-refractivity contribution >= 4 is 5.91 Å². The van der Waals surface area contributed by atoms with E-state index in [2.05, 4.69) is 35.8 Å². The van der Waals surface area contributed by atoms with E-state index >= 15 is 0 Å². The van der Waals surface area contributed by atoms with E-state index in [1.165, 1.54) is 4.90 Å². The van der Waals surface area contributed by atoms with Gasteiger partial charge in [-0.25, -0.2) is 9.67 Å². The molecule has 0 unspecified atom stereocenters. The van der Waals surface area contributed by atoms with Gasteiger partial charge in [-0.3, -0.25) is 9.69 Å². The molecule has 8 nitrogen and oxygen atoms in total. The van der Waals surface area contributed by atoms with Crippen LogP contribution in [0.15, 0.2) is 6.33 Å². The Morgan fingerprint density at radius 1 is 1.50 bits per heavy atom. The Hall–Kier alpha value is -1.51. The highest BCUT2D eigenvalue weighted by Gasteiger charge is 2.34. The van der Waals surface area contributed by atoms with Gasteiger partial charge in [0, 0.05) is 33.7 Å². The van der Waals surface area contributed by atoms with Gasteiger partial charge < -0.3 is 14.4 Å². The maximum atomic E-state index is 11.6. The summed E-state index contributed by atoms with van der Waals surface area (Å²) in [5.41, 5.74) is -0.269. The smallest absolute Gasteiger partial charge is 0.248 e. The number of aromatic nitrogens is 3. The molecule has 0 aliphatic carbocycles. The van der Waals surface area contributed by atoms with Crippen molar-refractivity contribution in [2.45, 2.75) is 45.6 Å². The molecule has 0 aromatic carbocycles. The highest BCUT2D eigenvalue weighted by molar-refractivity contribution is 5.76. The number of hydrogen-bond acceptors (Lipinski definition) is 6. The van der Waals surface area contributed by atoms with Crippen LogP contribution in [0.5, 0.6) is 0 Å². The fourth-order valence-electron chi connectivity index (χ4n) is 2.91. The van der Waals surface area contributed by atoms with Gasteiger partial charge in [0.1, 0.15) is 18.8 Å². The number of ether oxygens (including phenoxy) is 2. The van der Waals surface area contributed by atoms with Gasteiger partial charge in [-0.15, -0.1) is 0 Å². The summed E-state index contributed by atoms with van der Waals surface area (Å²) in [7, 11) is 3.44. The van der Waals surface area contributed by atoms with Crippen molar-refractivity contribution in [2.24, 2.45) is 0 Å². The lowest BCUT2D eigenvalue weighted by atomic mass is 10.1. The third-order valence-corrected chi connectivity index (χ3v) is 3.94. The second-order valence-electron chi connectivity index (χ2n) is 6.96. The van der Waals surface area contributed by atoms with Gasteiger partial charge in [-0.2, -0.15) is 5.10 Å². The van der Waals surface area contributed by atoms with E-state index in [4.69, 9.17) is 9.47 Å². The highest BCUT2D eigenvalue weighted by Crippen LogP contribution is 2.22. The van der Waals surface area contributed by atoms with Crippen molar-refractivity contribution in [3.8, 4) is 0 Å². The molecule has 1 aliphatic heterocycles. The van der Waals surface area contributed by atoms with Gasteiger partial charge in [0.2, 0.25) is 5.91 Å². The average molecular weight is 339 g/mol. The number of nitrogens with zero attached hydrogens (tertiary/aromatic N) is 5. The molecule has 0 spiro atoms. The van der Waals surface area contributed by atoms with E-state index < -0.39 is 0 Å². The lowest BCUT2D eigenvalue weighted by molar-refractivity contribution is -0.161. The van der Waals surface area contributed by atoms with Crippen LogP contribution in [0.1, 0.15) is 26.6 Å². The third kappa shape index (κ3) is 5.25. The van der Waals surface area contributed by atoms with E-state index in [0.29, 0.717) is 6.61 Å². The summed E-state index contributed by atoms with van der Waals surface area (Å²) >= 11 is 0. The lowest BCUT2D eigenvalue weighted by Crippen LogP contribution is -2.53. The quantitative estimate of drug-likeness (QED) is 0.715. The zero-order valence-corrected chi connectivity index (χ0v) is 15.4. The fourth-order valence-corrected chi connectivity index (χ4v) is 2.91. The largest absolute Gasteiger partial charge is 0.369 e. The minimum atomic E-state index is -0.269. The van der Waals surface area contributed by atoms with Crippen molar-refractivity contribution in [1.82, 2.24) is 24.6 Å². The number of carbonyl (C=O) groups excluding carboxylic acids is 1. The summed E-state index contributed by atoms with van der Waals surface area (Å²) in [5.74, 6) is 0.913. The predicted octanol–water partition coefficient (Wildman–Crippen LogP) is 0.382. The van der Waals surface area contributed by atoms with E-state index in [-0.39, 0.29) is 24.2 Å². The van der Waals surface area contributed by atoms with Gasteiger partial charge >= 0.3 is 0 Å². The molecule has 1 amide bonds. The molecule has 0 bridgehead atoms. The Labute approximate surface area is 143 Å². The van der Waals surface area contributed by atoms with Crippen LogP contribution in [-0.4, -0.2) is 82.6 Å². The SMILES string of the molecule is CCn1ncnc1CN1C[C@H](COCC(=O)N(C)C)OC(C)(C)C1. The molecular weight excluding hydrogens is 310 g/mol. The van der Waals surface area contributed by atoms with Gasteiger partial charge in [0.05, 0.1) is 24.9 Å². The standard InChI is InChI=1S/C16H29N5O3/c1-6-21-14(17-12-18-21)8-20-7-13(24-16(2,3)11-20)9-23-10-15(22)19(4)5/h12-13H,6-11H2,1-5H3/t13-/m1/s1. The molecule has 1 aromatic rings. The Morgan fingerprint density at radius 3 is 2.92 bits per heavy atom. The monoisotopic (exact) mass is 339 g/mol. The van der Waals surface area contributed by atoms with Crippen LogP contribution in [0, 0.1) is 0 Å². The third-order valence-electron chi connectivity index (χ3n) is 3.94. The van der Waals surface area contributed by atoms with E-state index in [0.717, 1.165) is 32.0 Å². The van der Waals surface area contributed by atoms with Crippen molar-refractivity contribution in [3.63, 3.8) is 0 Å². The van der Waals surface area contributed by atoms with Gasteiger partial charge in [-0.1, -0.05) is 0 Å². The van der Waals surface area contributed by atoms with Crippen LogP contribution in [0.3, 0.4) is 0 Å². The van der Waals surface area contributed by atoms with Gasteiger partial charge in [0.25, 0.3) is 0 Å². The van der Waals surface area contributed by atoms with Crippen LogP contribution in [-0.2, 0) is 27.4 Å². The average Bonchev–Trinajstić information content (AvgIpc) is 2.92. The summed E-state index contributed by atoms with van der Waals surface area (Å²) in [6, 6.07) is 0. The van der Waals surface area contributed by atoms with E-state index in [9.17, 15) is 4.79 Å². The van der Waals surface area contributed by atoms with Crippen LogP contribution in [0.2, 0.25) is 0 Å². The maximum Gasteiger partial charge on any atom is 0.248 e. The summed E-state index contributed by atoms with van der Waals surface area (Å²) in [6.45, 7) is 9.78. The lowest BCUT2D eigenvalue weighted by Gasteiger charge is -2.42. The first kappa shape index (κ1) is 18.8. The Balaban J connectivity index is 1.90. The Bertz CT molecular complexity index is 544. The molecular formula is C16H29N5O3. The molecule has 0 radical (unpaired) electrons. The minimum absolute atomic E-state index is 0.0435. The minimum Gasteiger partial charge on any atom is -0.369 e. The van der Waals surface area contributed by atoms with Crippen molar-refractivity contribution in [2.75, 3.05) is 40.4 Å². The number of rotatable bonds is 7. The number of aryl methyl sites for hydroxylation is 1. The molecule has 2 rings (SSSR count). The second-order valence-corrected chi connectivity index (χ2v) is 6.96. The highest BCUT2D eigenvalue weighted by atomic mass is 16.5. The van der Waals surface area contributed by atoms with Crippen LogP contribution >= 0.6 is 0 Å². The van der Waals surface area contributed by atoms with Crippen LogP contribution in [0.25, 0.3) is 0 Å². The number of amides is 1. The fraction of sp³-hybridized carbons (Fsp3) is 0.812. The second kappa shape index (κ2) is 8.04. The molecule has 24 heavy (non-hydrogen) atoms. The molecule has 2 heterocycles. The van der Waals surface area contributed by atoms with Crippen molar-refractivity contribution in [3.05, 3.63) is 12.2 Å². The number of hydrogen-bond donors (Lipinski definition) is 0. The van der Waals surface area contributed by atoms with Gasteiger partial charge in [-0.05, 0) is 20.8 Å². The normalized spacial score (nSPS) is 21.0. The van der Waals surface area contributed by atoms with Crippen molar-refractivity contribution in [1.29, 1.82) is 0 Å². The molecule has 1 fully saturated rings.